The van der Waals surface area contributed by atoms with E-state index in [4.69, 9.17) is 4.74 Å². The number of aromatic nitrogens is 2. The summed E-state index contributed by atoms with van der Waals surface area (Å²) in [5, 5.41) is 3.42. The zero-order valence-electron chi connectivity index (χ0n) is 13.6. The maximum atomic E-state index is 5.69. The first-order valence-corrected chi connectivity index (χ1v) is 8.25. The lowest BCUT2D eigenvalue weighted by molar-refractivity contribution is 0.0288. The highest BCUT2D eigenvalue weighted by molar-refractivity contribution is 5.07. The molecule has 0 aliphatic heterocycles. The van der Waals surface area contributed by atoms with E-state index in [1.165, 1.54) is 32.1 Å². The van der Waals surface area contributed by atoms with Crippen molar-refractivity contribution in [2.45, 2.75) is 58.6 Å². The zero-order valence-corrected chi connectivity index (χ0v) is 13.6. The van der Waals surface area contributed by atoms with Gasteiger partial charge >= 0.3 is 0 Å². The molecule has 0 aromatic carbocycles. The van der Waals surface area contributed by atoms with Crippen molar-refractivity contribution in [3.8, 4) is 0 Å². The molecule has 1 N–H and O–H groups in total. The van der Waals surface area contributed by atoms with Gasteiger partial charge in [0.05, 0.1) is 0 Å². The lowest BCUT2D eigenvalue weighted by Gasteiger charge is -2.28. The summed E-state index contributed by atoms with van der Waals surface area (Å²) in [4.78, 5) is 9.09. The largest absolute Gasteiger partial charge is 0.373 e. The van der Waals surface area contributed by atoms with E-state index in [9.17, 15) is 0 Å². The Labute approximate surface area is 128 Å². The topological polar surface area (TPSA) is 47.0 Å². The Balaban J connectivity index is 1.92. The van der Waals surface area contributed by atoms with Crippen molar-refractivity contribution in [2.75, 3.05) is 13.7 Å². The summed E-state index contributed by atoms with van der Waals surface area (Å²) >= 11 is 0. The minimum atomic E-state index is 0.0583. The standard InChI is InChI=1S/C17H29N3O/c1-13(2)9-18-10-14-11-19-17(20-12-14)16(21-3)15-7-5-4-6-8-15/h11-13,15-16,18H,4-10H2,1-3H3. The molecule has 1 atom stereocenters. The molecule has 0 radical (unpaired) electrons. The molecule has 1 unspecified atom stereocenters. The molecule has 1 aromatic heterocycles. The Morgan fingerprint density at radius 1 is 1.19 bits per heavy atom. The first-order chi connectivity index (χ1) is 10.2. The van der Waals surface area contributed by atoms with Crippen LogP contribution in [0.4, 0.5) is 0 Å². The Hall–Kier alpha value is -1.00. The van der Waals surface area contributed by atoms with Crippen LogP contribution in [0.5, 0.6) is 0 Å². The fraction of sp³-hybridized carbons (Fsp3) is 0.765. The first kappa shape index (κ1) is 16.4. The highest BCUT2D eigenvalue weighted by Gasteiger charge is 2.26. The average Bonchev–Trinajstić information content (AvgIpc) is 2.50. The van der Waals surface area contributed by atoms with Crippen LogP contribution in [0, 0.1) is 11.8 Å². The van der Waals surface area contributed by atoms with Gasteiger partial charge < -0.3 is 10.1 Å². The van der Waals surface area contributed by atoms with Crippen molar-refractivity contribution in [1.29, 1.82) is 0 Å². The van der Waals surface area contributed by atoms with Gasteiger partial charge in [-0.15, -0.1) is 0 Å². The van der Waals surface area contributed by atoms with Crippen LogP contribution in [-0.4, -0.2) is 23.6 Å². The van der Waals surface area contributed by atoms with E-state index in [0.717, 1.165) is 24.5 Å². The lowest BCUT2D eigenvalue weighted by Crippen LogP contribution is -2.21. The Kier molecular flexibility index (Phi) is 6.58. The maximum absolute atomic E-state index is 5.69. The molecular formula is C17H29N3O. The molecule has 2 rings (SSSR count). The van der Waals surface area contributed by atoms with E-state index < -0.39 is 0 Å². The highest BCUT2D eigenvalue weighted by Crippen LogP contribution is 2.34. The number of hydrogen-bond acceptors (Lipinski definition) is 4. The second-order valence-corrected chi connectivity index (χ2v) is 6.53. The van der Waals surface area contributed by atoms with E-state index in [1.54, 1.807) is 7.11 Å². The molecule has 0 spiro atoms. The van der Waals surface area contributed by atoms with Gasteiger partial charge in [-0.25, -0.2) is 9.97 Å². The molecule has 118 valence electrons. The molecule has 0 bridgehead atoms. The van der Waals surface area contributed by atoms with Gasteiger partial charge in [0.15, 0.2) is 5.82 Å². The normalized spacial score (nSPS) is 18.1. The second-order valence-electron chi connectivity index (χ2n) is 6.53. The SMILES string of the molecule is COC(c1ncc(CNCC(C)C)cn1)C1CCCCC1. The third-order valence-corrected chi connectivity index (χ3v) is 4.19. The van der Waals surface area contributed by atoms with Crippen LogP contribution in [0.15, 0.2) is 12.4 Å². The van der Waals surface area contributed by atoms with Crippen LogP contribution in [0.25, 0.3) is 0 Å². The van der Waals surface area contributed by atoms with E-state index >= 15 is 0 Å². The van der Waals surface area contributed by atoms with E-state index in [0.29, 0.717) is 11.8 Å². The summed E-state index contributed by atoms with van der Waals surface area (Å²) in [6.45, 7) is 6.27. The minimum Gasteiger partial charge on any atom is -0.373 e. The zero-order chi connectivity index (χ0) is 15.1. The van der Waals surface area contributed by atoms with Crippen LogP contribution >= 0.6 is 0 Å². The quantitative estimate of drug-likeness (QED) is 0.835. The van der Waals surface area contributed by atoms with Gasteiger partial charge in [-0.05, 0) is 31.2 Å². The van der Waals surface area contributed by atoms with Gasteiger partial charge in [0.25, 0.3) is 0 Å². The Morgan fingerprint density at radius 2 is 1.86 bits per heavy atom. The third kappa shape index (κ3) is 5.04. The average molecular weight is 291 g/mol. The molecule has 1 aromatic rings. The van der Waals surface area contributed by atoms with Gasteiger partial charge in [0.2, 0.25) is 0 Å². The van der Waals surface area contributed by atoms with Crippen molar-refractivity contribution in [1.82, 2.24) is 15.3 Å². The first-order valence-electron chi connectivity index (χ1n) is 8.25. The van der Waals surface area contributed by atoms with Crippen molar-refractivity contribution in [3.63, 3.8) is 0 Å². The fourth-order valence-corrected chi connectivity index (χ4v) is 3.05. The molecule has 1 aliphatic rings. The molecule has 4 heteroatoms. The summed E-state index contributed by atoms with van der Waals surface area (Å²) in [5.74, 6) is 2.08. The smallest absolute Gasteiger partial charge is 0.157 e. The van der Waals surface area contributed by atoms with Crippen molar-refractivity contribution in [2.24, 2.45) is 11.8 Å². The monoisotopic (exact) mass is 291 g/mol. The molecule has 21 heavy (non-hydrogen) atoms. The predicted molar refractivity (Wildman–Crippen MR) is 84.9 cm³/mol. The summed E-state index contributed by atoms with van der Waals surface area (Å²) in [6, 6.07) is 0. The van der Waals surface area contributed by atoms with Crippen LogP contribution in [0.1, 0.15) is 63.4 Å². The maximum Gasteiger partial charge on any atom is 0.157 e. The minimum absolute atomic E-state index is 0.0583. The summed E-state index contributed by atoms with van der Waals surface area (Å²) in [7, 11) is 1.78. The Morgan fingerprint density at radius 3 is 2.43 bits per heavy atom. The number of hydrogen-bond donors (Lipinski definition) is 1. The van der Waals surface area contributed by atoms with Gasteiger partial charge in [-0.2, -0.15) is 0 Å². The number of rotatable bonds is 7. The van der Waals surface area contributed by atoms with Gasteiger partial charge in [0, 0.05) is 31.6 Å². The summed E-state index contributed by atoms with van der Waals surface area (Å²) in [5.41, 5.74) is 1.14. The molecule has 0 amide bonds. The molecule has 1 fully saturated rings. The van der Waals surface area contributed by atoms with Crippen molar-refractivity contribution in [3.05, 3.63) is 23.8 Å². The summed E-state index contributed by atoms with van der Waals surface area (Å²) in [6.07, 6.45) is 10.4. The number of ether oxygens (including phenoxy) is 1. The van der Waals surface area contributed by atoms with Gasteiger partial charge in [0.1, 0.15) is 6.10 Å². The van der Waals surface area contributed by atoms with Crippen LogP contribution in [0.3, 0.4) is 0 Å². The molecule has 1 heterocycles. The summed E-state index contributed by atoms with van der Waals surface area (Å²) < 4.78 is 5.69. The highest BCUT2D eigenvalue weighted by atomic mass is 16.5. The predicted octanol–water partition coefficient (Wildman–Crippen LogP) is 3.49. The van der Waals surface area contributed by atoms with Crippen LogP contribution < -0.4 is 5.32 Å². The second kappa shape index (κ2) is 8.44. The van der Waals surface area contributed by atoms with E-state index in [1.807, 2.05) is 12.4 Å². The third-order valence-electron chi connectivity index (χ3n) is 4.19. The van der Waals surface area contributed by atoms with E-state index in [2.05, 4.69) is 29.1 Å². The molecule has 0 saturated heterocycles. The van der Waals surface area contributed by atoms with Crippen LogP contribution in [0.2, 0.25) is 0 Å². The van der Waals surface area contributed by atoms with Gasteiger partial charge in [-0.3, -0.25) is 0 Å². The molecule has 1 saturated carbocycles. The molecule has 4 nitrogen and oxygen atoms in total. The molecular weight excluding hydrogens is 262 g/mol. The number of methoxy groups -OCH3 is 1. The number of nitrogens with zero attached hydrogens (tertiary/aromatic N) is 2. The number of nitrogens with one attached hydrogen (secondary N) is 1. The fourth-order valence-electron chi connectivity index (χ4n) is 3.05. The Bertz CT molecular complexity index is 399. The molecule has 1 aliphatic carbocycles. The van der Waals surface area contributed by atoms with E-state index in [-0.39, 0.29) is 6.10 Å². The lowest BCUT2D eigenvalue weighted by atomic mass is 9.85. The van der Waals surface area contributed by atoms with Crippen molar-refractivity contribution < 1.29 is 4.74 Å². The van der Waals surface area contributed by atoms with Crippen LogP contribution in [-0.2, 0) is 11.3 Å². The van der Waals surface area contributed by atoms with Crippen molar-refractivity contribution >= 4 is 0 Å². The van der Waals surface area contributed by atoms with Gasteiger partial charge in [-0.1, -0.05) is 33.1 Å².